The second kappa shape index (κ2) is 8.00. The minimum absolute atomic E-state index is 0.0855. The van der Waals surface area contributed by atoms with Crippen LogP contribution in [0, 0.1) is 5.82 Å². The van der Waals surface area contributed by atoms with Crippen molar-refractivity contribution in [3.63, 3.8) is 0 Å². The molecule has 8 heteroatoms. The van der Waals surface area contributed by atoms with E-state index in [1.807, 2.05) is 0 Å². The topological polar surface area (TPSA) is 72.2 Å². The van der Waals surface area contributed by atoms with Crippen molar-refractivity contribution in [1.29, 1.82) is 0 Å². The minimum Gasteiger partial charge on any atom is -0.336 e. The predicted molar refractivity (Wildman–Crippen MR) is 107 cm³/mol. The number of carbonyl (C=O) groups is 1. The van der Waals surface area contributed by atoms with E-state index in [1.54, 1.807) is 53.4 Å². The van der Waals surface area contributed by atoms with Gasteiger partial charge in [-0.15, -0.1) is 0 Å². The zero-order valence-corrected chi connectivity index (χ0v) is 16.1. The Morgan fingerprint density at radius 3 is 2.72 bits per heavy atom. The molecule has 0 saturated carbocycles. The first-order chi connectivity index (χ1) is 14.0. The predicted octanol–water partition coefficient (Wildman–Crippen LogP) is 1.37. The number of aromatic nitrogens is 3. The third kappa shape index (κ3) is 4.27. The second-order valence-corrected chi connectivity index (χ2v) is 7.23. The normalized spacial score (nSPS) is 16.8. The first-order valence-electron chi connectivity index (χ1n) is 9.48. The lowest BCUT2D eigenvalue weighted by Gasteiger charge is -2.34. The van der Waals surface area contributed by atoms with Crippen LogP contribution in [0.1, 0.15) is 15.9 Å². The number of hydrogen-bond acceptors (Lipinski definition) is 4. The summed E-state index contributed by atoms with van der Waals surface area (Å²) in [6, 6.07) is 9.48. The van der Waals surface area contributed by atoms with Gasteiger partial charge in [-0.25, -0.2) is 4.39 Å². The van der Waals surface area contributed by atoms with Crippen LogP contribution in [0.3, 0.4) is 0 Å². The van der Waals surface area contributed by atoms with Crippen LogP contribution in [0.2, 0.25) is 0 Å². The highest BCUT2D eigenvalue weighted by atomic mass is 19.1. The summed E-state index contributed by atoms with van der Waals surface area (Å²) in [7, 11) is 1.77. The third-order valence-corrected chi connectivity index (χ3v) is 5.07. The van der Waals surface area contributed by atoms with Gasteiger partial charge >= 0.3 is 0 Å². The number of piperazine rings is 1. The lowest BCUT2D eigenvalue weighted by atomic mass is 10.0. The molecule has 1 amide bonds. The van der Waals surface area contributed by atoms with Gasteiger partial charge in [-0.3, -0.25) is 18.8 Å². The summed E-state index contributed by atoms with van der Waals surface area (Å²) >= 11 is 0. The Hall–Kier alpha value is -3.26. The van der Waals surface area contributed by atoms with Crippen LogP contribution < -0.4 is 10.9 Å². The zero-order chi connectivity index (χ0) is 20.4. The Morgan fingerprint density at radius 2 is 2.00 bits per heavy atom. The Balaban J connectivity index is 1.50. The number of rotatable bonds is 4. The van der Waals surface area contributed by atoms with Gasteiger partial charge in [0.15, 0.2) is 0 Å². The molecular weight excluding hydrogens is 373 g/mol. The van der Waals surface area contributed by atoms with Crippen molar-refractivity contribution in [2.75, 3.05) is 19.6 Å². The van der Waals surface area contributed by atoms with Crippen molar-refractivity contribution in [2.24, 2.45) is 7.05 Å². The van der Waals surface area contributed by atoms with Crippen LogP contribution in [-0.4, -0.2) is 50.8 Å². The van der Waals surface area contributed by atoms with Gasteiger partial charge in [0.1, 0.15) is 5.82 Å². The molecule has 0 bridgehead atoms. The molecule has 0 spiro atoms. The summed E-state index contributed by atoms with van der Waals surface area (Å²) in [5, 5.41) is 7.50. The summed E-state index contributed by atoms with van der Waals surface area (Å²) in [5.74, 6) is -0.376. The molecular formula is C21H22FN5O2. The number of nitrogens with one attached hydrogen (secondary N) is 1. The van der Waals surface area contributed by atoms with E-state index in [0.717, 1.165) is 5.56 Å². The van der Waals surface area contributed by atoms with Gasteiger partial charge in [-0.1, -0.05) is 12.1 Å². The molecule has 1 aliphatic heterocycles. The van der Waals surface area contributed by atoms with Crippen molar-refractivity contribution in [2.45, 2.75) is 12.5 Å². The van der Waals surface area contributed by atoms with E-state index in [0.29, 0.717) is 37.3 Å². The third-order valence-electron chi connectivity index (χ3n) is 5.07. The largest absolute Gasteiger partial charge is 0.336 e. The standard InChI is InChI=1S/C21H22FN5O2/c1-25-14-19(11-24-25)27-12-16(4-7-20(27)28)21(29)26-9-8-23-18(13-26)10-15-2-5-17(22)6-3-15/h2-7,11-12,14,18,23H,8-10,13H2,1H3. The zero-order valence-electron chi connectivity index (χ0n) is 16.1. The highest BCUT2D eigenvalue weighted by Gasteiger charge is 2.24. The Labute approximate surface area is 167 Å². The lowest BCUT2D eigenvalue weighted by molar-refractivity contribution is 0.0702. The van der Waals surface area contributed by atoms with E-state index in [2.05, 4.69) is 10.4 Å². The van der Waals surface area contributed by atoms with E-state index >= 15 is 0 Å². The molecule has 1 fully saturated rings. The Bertz CT molecular complexity index is 1070. The molecule has 1 saturated heterocycles. The second-order valence-electron chi connectivity index (χ2n) is 7.23. The SMILES string of the molecule is Cn1cc(-n2cc(C(=O)N3CCNC(Cc4ccc(F)cc4)C3)ccc2=O)cn1. The lowest BCUT2D eigenvalue weighted by Crippen LogP contribution is -2.53. The molecule has 1 unspecified atom stereocenters. The molecule has 0 radical (unpaired) electrons. The van der Waals surface area contributed by atoms with Crippen LogP contribution in [0.25, 0.3) is 5.69 Å². The van der Waals surface area contributed by atoms with Crippen molar-refractivity contribution >= 4 is 5.91 Å². The molecule has 4 rings (SSSR count). The Morgan fingerprint density at radius 1 is 1.21 bits per heavy atom. The van der Waals surface area contributed by atoms with Gasteiger partial charge in [-0.05, 0) is 30.2 Å². The van der Waals surface area contributed by atoms with Crippen molar-refractivity contribution in [3.05, 3.63) is 82.3 Å². The van der Waals surface area contributed by atoms with Gasteiger partial charge < -0.3 is 10.2 Å². The van der Waals surface area contributed by atoms with E-state index < -0.39 is 0 Å². The fourth-order valence-corrected chi connectivity index (χ4v) is 3.58. The maximum Gasteiger partial charge on any atom is 0.255 e. The maximum atomic E-state index is 13.1. The summed E-state index contributed by atoms with van der Waals surface area (Å²) < 4.78 is 16.1. The average Bonchev–Trinajstić information content (AvgIpc) is 3.16. The first kappa shape index (κ1) is 19.1. The molecule has 2 aromatic heterocycles. The molecule has 0 aliphatic carbocycles. The van der Waals surface area contributed by atoms with E-state index in [9.17, 15) is 14.0 Å². The highest BCUT2D eigenvalue weighted by Crippen LogP contribution is 2.13. The van der Waals surface area contributed by atoms with Gasteiger partial charge in [-0.2, -0.15) is 5.10 Å². The Kier molecular flexibility index (Phi) is 5.26. The molecule has 3 aromatic rings. The monoisotopic (exact) mass is 395 g/mol. The number of benzene rings is 1. The van der Waals surface area contributed by atoms with Gasteiger partial charge in [0.25, 0.3) is 11.5 Å². The van der Waals surface area contributed by atoms with Crippen LogP contribution in [0.4, 0.5) is 4.39 Å². The first-order valence-corrected chi connectivity index (χ1v) is 9.48. The fourth-order valence-electron chi connectivity index (χ4n) is 3.58. The molecule has 150 valence electrons. The van der Waals surface area contributed by atoms with E-state index in [1.165, 1.54) is 22.8 Å². The van der Waals surface area contributed by atoms with Crippen molar-refractivity contribution in [1.82, 2.24) is 24.6 Å². The molecule has 1 atom stereocenters. The van der Waals surface area contributed by atoms with Crippen molar-refractivity contribution in [3.8, 4) is 5.69 Å². The number of hydrogen-bond donors (Lipinski definition) is 1. The summed E-state index contributed by atoms with van der Waals surface area (Å²) in [4.78, 5) is 27.1. The van der Waals surface area contributed by atoms with Gasteiger partial charge in [0, 0.05) is 51.2 Å². The van der Waals surface area contributed by atoms with Crippen LogP contribution in [0.15, 0.2) is 59.8 Å². The molecule has 1 aromatic carbocycles. The minimum atomic E-state index is -0.258. The molecule has 7 nitrogen and oxygen atoms in total. The maximum absolute atomic E-state index is 13.1. The van der Waals surface area contributed by atoms with Gasteiger partial charge in [0.2, 0.25) is 0 Å². The van der Waals surface area contributed by atoms with Crippen LogP contribution in [-0.2, 0) is 13.5 Å². The smallest absolute Gasteiger partial charge is 0.255 e. The summed E-state index contributed by atoms with van der Waals surface area (Å²) in [6.45, 7) is 1.81. The summed E-state index contributed by atoms with van der Waals surface area (Å²) in [5.41, 5.74) is 1.87. The highest BCUT2D eigenvalue weighted by molar-refractivity contribution is 5.94. The van der Waals surface area contributed by atoms with Gasteiger partial charge in [0.05, 0.1) is 17.4 Å². The quantitative estimate of drug-likeness (QED) is 0.724. The number of pyridine rings is 1. The number of amides is 1. The number of halogens is 1. The number of nitrogens with zero attached hydrogens (tertiary/aromatic N) is 4. The average molecular weight is 395 g/mol. The molecule has 3 heterocycles. The summed E-state index contributed by atoms with van der Waals surface area (Å²) in [6.07, 6.45) is 5.58. The number of carbonyl (C=O) groups excluding carboxylic acids is 1. The van der Waals surface area contributed by atoms with E-state index in [-0.39, 0.29) is 23.3 Å². The fraction of sp³-hybridized carbons (Fsp3) is 0.286. The number of aryl methyl sites for hydroxylation is 1. The van der Waals surface area contributed by atoms with Crippen LogP contribution >= 0.6 is 0 Å². The van der Waals surface area contributed by atoms with Crippen molar-refractivity contribution < 1.29 is 9.18 Å². The molecule has 29 heavy (non-hydrogen) atoms. The molecule has 1 aliphatic rings. The van der Waals surface area contributed by atoms with Crippen LogP contribution in [0.5, 0.6) is 0 Å². The molecule has 1 N–H and O–H groups in total. The van der Waals surface area contributed by atoms with E-state index in [4.69, 9.17) is 0 Å².